The summed E-state index contributed by atoms with van der Waals surface area (Å²) >= 11 is 0. The van der Waals surface area contributed by atoms with E-state index < -0.39 is 23.4 Å². The summed E-state index contributed by atoms with van der Waals surface area (Å²) < 4.78 is 55.1. The number of fused-ring (bicyclic) bond motifs is 3. The smallest absolute Gasteiger partial charge is 0.338 e. The number of aromatic nitrogens is 2. The van der Waals surface area contributed by atoms with E-state index in [9.17, 15) is 9.18 Å². The number of benzene rings is 3. The number of hydrogen-bond acceptors (Lipinski definition) is 8. The number of rotatable bonds is 7. The molecule has 2 unspecified atom stereocenters. The van der Waals surface area contributed by atoms with E-state index >= 15 is 4.39 Å². The summed E-state index contributed by atoms with van der Waals surface area (Å²) in [5.41, 5.74) is 2.45. The molecule has 4 heterocycles. The number of imidazole rings is 1. The first-order valence-corrected chi connectivity index (χ1v) is 15.1. The SMILES string of the molecule is COC(=O)c1cc(F)c2nc(CN3C[C@@H]4C(c5cccc6c5OC(C)(c5ccc(C#N)cc5F)O6)[C@@H]4C3)n(C[C@@H]3CCO3)c2c1. The number of hydrogen-bond donors (Lipinski definition) is 0. The zero-order valence-electron chi connectivity index (χ0n) is 24.8. The van der Waals surface area contributed by atoms with Gasteiger partial charge in [0.05, 0.1) is 54.6 Å². The maximum absolute atomic E-state index is 15.1. The van der Waals surface area contributed by atoms with Gasteiger partial charge in [-0.3, -0.25) is 4.90 Å². The van der Waals surface area contributed by atoms with Crippen LogP contribution >= 0.6 is 0 Å². The van der Waals surface area contributed by atoms with E-state index in [0.717, 1.165) is 30.9 Å². The minimum Gasteiger partial charge on any atom is -0.465 e. The summed E-state index contributed by atoms with van der Waals surface area (Å²) in [7, 11) is 1.28. The van der Waals surface area contributed by atoms with Gasteiger partial charge in [-0.2, -0.15) is 5.26 Å². The number of para-hydroxylation sites is 1. The third-order valence-electron chi connectivity index (χ3n) is 9.68. The minimum absolute atomic E-state index is 0.0215. The molecular formula is C34H30F2N4O5. The topological polar surface area (TPSA) is 98.8 Å². The number of halogens is 2. The Balaban J connectivity index is 1.01. The zero-order chi connectivity index (χ0) is 31.0. The highest BCUT2D eigenvalue weighted by Gasteiger charge is 2.58. The fourth-order valence-corrected chi connectivity index (χ4v) is 7.30. The van der Waals surface area contributed by atoms with Crippen LogP contribution < -0.4 is 9.47 Å². The average molecular weight is 613 g/mol. The van der Waals surface area contributed by atoms with Crippen molar-refractivity contribution in [2.45, 2.75) is 44.2 Å². The molecule has 0 radical (unpaired) electrons. The number of nitriles is 1. The molecular weight excluding hydrogens is 582 g/mol. The molecule has 11 heteroatoms. The van der Waals surface area contributed by atoms with E-state index in [1.807, 2.05) is 22.8 Å². The van der Waals surface area contributed by atoms with Crippen molar-refractivity contribution >= 4 is 17.0 Å². The summed E-state index contributed by atoms with van der Waals surface area (Å²) in [5.74, 6) is -0.0515. The van der Waals surface area contributed by atoms with Gasteiger partial charge in [-0.15, -0.1) is 0 Å². The first-order chi connectivity index (χ1) is 21.8. The Morgan fingerprint density at radius 2 is 1.93 bits per heavy atom. The van der Waals surface area contributed by atoms with E-state index in [1.165, 1.54) is 25.3 Å². The number of nitrogens with zero attached hydrogens (tertiary/aromatic N) is 4. The van der Waals surface area contributed by atoms with Crippen LogP contribution in [0.25, 0.3) is 11.0 Å². The van der Waals surface area contributed by atoms with Crippen LogP contribution in [0, 0.1) is 34.8 Å². The summed E-state index contributed by atoms with van der Waals surface area (Å²) in [6, 6.07) is 14.9. The number of methoxy groups -OCH3 is 1. The molecule has 0 bridgehead atoms. The molecule has 3 fully saturated rings. The van der Waals surface area contributed by atoms with E-state index in [1.54, 1.807) is 19.1 Å². The number of piperidine rings is 1. The largest absolute Gasteiger partial charge is 0.465 e. The molecule has 4 aliphatic rings. The molecule has 3 aliphatic heterocycles. The third-order valence-corrected chi connectivity index (χ3v) is 9.68. The molecule has 3 aromatic carbocycles. The highest BCUT2D eigenvalue weighted by Crippen LogP contribution is 2.62. The van der Waals surface area contributed by atoms with E-state index in [-0.39, 0.29) is 34.2 Å². The van der Waals surface area contributed by atoms with Crippen molar-refractivity contribution in [2.75, 3.05) is 26.8 Å². The summed E-state index contributed by atoms with van der Waals surface area (Å²) in [6.07, 6.45) is 0.936. The summed E-state index contributed by atoms with van der Waals surface area (Å²) in [4.78, 5) is 19.2. The Labute approximate surface area is 257 Å². The van der Waals surface area contributed by atoms with E-state index in [2.05, 4.69) is 11.0 Å². The minimum atomic E-state index is -1.35. The van der Waals surface area contributed by atoms with Gasteiger partial charge in [0.25, 0.3) is 5.79 Å². The van der Waals surface area contributed by atoms with Gasteiger partial charge in [-0.25, -0.2) is 18.6 Å². The fourth-order valence-electron chi connectivity index (χ4n) is 7.30. The Morgan fingerprint density at radius 3 is 2.62 bits per heavy atom. The standard InChI is InChI=1S/C34H30F2N4O5/c1-34(24-7-6-18(13-37)10-25(24)35)44-28-5-3-4-21(32(28)45-34)30-22-15-39(16-23(22)30)17-29-38-31-26(36)11-19(33(41)42-2)12-27(31)40(29)14-20-8-9-43-20/h3-7,10-12,20,22-23,30H,8-9,14-17H2,1-2H3/t20-,22-,23+,30?,34?/m0/s1. The number of carbonyl (C=O) groups is 1. The normalized spacial score (nSPS) is 26.4. The zero-order valence-corrected chi connectivity index (χ0v) is 24.8. The summed E-state index contributed by atoms with van der Waals surface area (Å²) in [6.45, 7) is 5.13. The quantitative estimate of drug-likeness (QED) is 0.261. The van der Waals surface area contributed by atoms with Crippen LogP contribution in [0.4, 0.5) is 8.78 Å². The van der Waals surface area contributed by atoms with Gasteiger partial charge in [0.2, 0.25) is 0 Å². The highest BCUT2D eigenvalue weighted by atomic mass is 19.1. The van der Waals surface area contributed by atoms with Gasteiger partial charge in [-0.1, -0.05) is 12.1 Å². The van der Waals surface area contributed by atoms with E-state index in [4.69, 9.17) is 29.2 Å². The molecule has 1 aromatic heterocycles. The lowest BCUT2D eigenvalue weighted by atomic mass is 10.0. The van der Waals surface area contributed by atoms with Gasteiger partial charge < -0.3 is 23.5 Å². The molecule has 0 amide bonds. The number of carbonyl (C=O) groups excluding carboxylic acids is 1. The maximum Gasteiger partial charge on any atom is 0.338 e. The van der Waals surface area contributed by atoms with Crippen molar-refractivity contribution < 1.29 is 32.5 Å². The van der Waals surface area contributed by atoms with Crippen LogP contribution in [0.3, 0.4) is 0 Å². The van der Waals surface area contributed by atoms with Crippen molar-refractivity contribution in [1.82, 2.24) is 14.5 Å². The molecule has 5 atom stereocenters. The molecule has 1 saturated carbocycles. The van der Waals surface area contributed by atoms with Crippen molar-refractivity contribution in [3.8, 4) is 17.6 Å². The van der Waals surface area contributed by atoms with Gasteiger partial charge in [0.1, 0.15) is 17.2 Å². The molecule has 0 N–H and O–H groups in total. The molecule has 1 aliphatic carbocycles. The molecule has 8 rings (SSSR count). The maximum atomic E-state index is 15.1. The van der Waals surface area contributed by atoms with Crippen molar-refractivity contribution in [2.24, 2.45) is 11.8 Å². The van der Waals surface area contributed by atoms with Crippen LogP contribution in [0.5, 0.6) is 11.5 Å². The van der Waals surface area contributed by atoms with Crippen LogP contribution in [-0.2, 0) is 28.4 Å². The van der Waals surface area contributed by atoms with Gasteiger partial charge in [0, 0.05) is 32.2 Å². The molecule has 9 nitrogen and oxygen atoms in total. The lowest BCUT2D eigenvalue weighted by molar-refractivity contribution is -0.0710. The number of esters is 1. The Hall–Kier alpha value is -4.53. The predicted molar refractivity (Wildman–Crippen MR) is 157 cm³/mol. The van der Waals surface area contributed by atoms with Gasteiger partial charge in [0.15, 0.2) is 17.3 Å². The van der Waals surface area contributed by atoms with Crippen molar-refractivity contribution in [1.29, 1.82) is 5.26 Å². The van der Waals surface area contributed by atoms with Crippen molar-refractivity contribution in [3.05, 3.63) is 88.2 Å². The third kappa shape index (κ3) is 4.54. The molecule has 0 spiro atoms. The molecule has 2 saturated heterocycles. The van der Waals surface area contributed by atoms with Crippen LogP contribution in [0.1, 0.15) is 52.1 Å². The first-order valence-electron chi connectivity index (χ1n) is 15.1. The Morgan fingerprint density at radius 1 is 1.13 bits per heavy atom. The predicted octanol–water partition coefficient (Wildman–Crippen LogP) is 5.25. The van der Waals surface area contributed by atoms with Gasteiger partial charge in [-0.05, 0) is 60.6 Å². The lowest BCUT2D eigenvalue weighted by Gasteiger charge is -2.28. The van der Waals surface area contributed by atoms with Gasteiger partial charge >= 0.3 is 5.97 Å². The first kappa shape index (κ1) is 28.0. The highest BCUT2D eigenvalue weighted by molar-refractivity contribution is 5.94. The number of likely N-dealkylation sites (tertiary alicyclic amines) is 1. The van der Waals surface area contributed by atoms with Crippen LogP contribution in [0.15, 0.2) is 48.5 Å². The average Bonchev–Trinajstić information content (AvgIpc) is 3.29. The number of ether oxygens (including phenoxy) is 4. The second-order valence-electron chi connectivity index (χ2n) is 12.4. The molecule has 45 heavy (non-hydrogen) atoms. The fraction of sp³-hybridized carbons (Fsp3) is 0.382. The van der Waals surface area contributed by atoms with Crippen molar-refractivity contribution in [3.63, 3.8) is 0 Å². The van der Waals surface area contributed by atoms with E-state index in [0.29, 0.717) is 48.5 Å². The Kier molecular flexibility index (Phi) is 6.38. The van der Waals surface area contributed by atoms with Crippen LogP contribution in [0.2, 0.25) is 0 Å². The van der Waals surface area contributed by atoms with Crippen LogP contribution in [-0.4, -0.2) is 53.3 Å². The molecule has 4 aromatic rings. The lowest BCUT2D eigenvalue weighted by Crippen LogP contribution is -2.33. The summed E-state index contributed by atoms with van der Waals surface area (Å²) in [5, 5.41) is 9.13. The second kappa shape index (κ2) is 10.3. The Bertz CT molecular complexity index is 1900. The monoisotopic (exact) mass is 612 g/mol. The second-order valence-corrected chi connectivity index (χ2v) is 12.4. The molecule has 230 valence electrons.